The van der Waals surface area contributed by atoms with Gasteiger partial charge in [-0.1, -0.05) is 6.07 Å². The summed E-state index contributed by atoms with van der Waals surface area (Å²) in [7, 11) is 0. The molecule has 1 N–H and O–H groups in total. The van der Waals surface area contributed by atoms with E-state index in [4.69, 9.17) is 9.15 Å². The van der Waals surface area contributed by atoms with Crippen LogP contribution >= 0.6 is 11.3 Å². The summed E-state index contributed by atoms with van der Waals surface area (Å²) >= 11 is 1.50. The van der Waals surface area contributed by atoms with Crippen molar-refractivity contribution in [3.8, 4) is 0 Å². The maximum absolute atomic E-state index is 12.8. The van der Waals surface area contributed by atoms with E-state index in [1.807, 2.05) is 19.9 Å². The summed E-state index contributed by atoms with van der Waals surface area (Å²) in [5, 5.41) is 4.54. The highest BCUT2D eigenvalue weighted by Crippen LogP contribution is 2.39. The van der Waals surface area contributed by atoms with E-state index in [0.29, 0.717) is 17.2 Å². The van der Waals surface area contributed by atoms with Crippen LogP contribution in [0.2, 0.25) is 0 Å². The number of furan rings is 1. The van der Waals surface area contributed by atoms with E-state index in [-0.39, 0.29) is 18.3 Å². The first kappa shape index (κ1) is 18.7. The number of hydrogen-bond donors (Lipinski definition) is 1. The number of benzene rings is 1. The van der Waals surface area contributed by atoms with Gasteiger partial charge in [-0.3, -0.25) is 4.79 Å². The van der Waals surface area contributed by atoms with Crippen LogP contribution in [0.1, 0.15) is 50.8 Å². The summed E-state index contributed by atoms with van der Waals surface area (Å²) in [6, 6.07) is 4.06. The molecule has 28 heavy (non-hydrogen) atoms. The van der Waals surface area contributed by atoms with Gasteiger partial charge in [-0.25, -0.2) is 4.79 Å². The molecule has 1 aliphatic rings. The Balaban J connectivity index is 1.59. The largest absolute Gasteiger partial charge is 0.464 e. The van der Waals surface area contributed by atoms with Crippen LogP contribution < -0.4 is 5.32 Å². The van der Waals surface area contributed by atoms with Gasteiger partial charge in [0.2, 0.25) is 5.91 Å². The minimum atomic E-state index is -0.350. The third kappa shape index (κ3) is 3.33. The molecule has 0 radical (unpaired) electrons. The fourth-order valence-electron chi connectivity index (χ4n) is 4.01. The summed E-state index contributed by atoms with van der Waals surface area (Å²) in [6.45, 7) is 6.15. The van der Waals surface area contributed by atoms with E-state index < -0.39 is 0 Å². The second kappa shape index (κ2) is 7.43. The third-order valence-corrected chi connectivity index (χ3v) is 6.30. The Hall–Kier alpha value is -2.60. The molecule has 0 saturated heterocycles. The quantitative estimate of drug-likeness (QED) is 0.618. The van der Waals surface area contributed by atoms with Crippen molar-refractivity contribution in [3.63, 3.8) is 0 Å². The van der Waals surface area contributed by atoms with Crippen LogP contribution in [0.4, 0.5) is 5.00 Å². The van der Waals surface area contributed by atoms with Gasteiger partial charge < -0.3 is 14.5 Å². The Kier molecular flexibility index (Phi) is 4.98. The van der Waals surface area contributed by atoms with Crippen molar-refractivity contribution in [1.82, 2.24) is 0 Å². The highest BCUT2D eigenvalue weighted by Gasteiger charge is 2.28. The summed E-state index contributed by atoms with van der Waals surface area (Å²) in [4.78, 5) is 26.4. The first-order valence-electron chi connectivity index (χ1n) is 9.56. The smallest absolute Gasteiger partial charge is 0.341 e. The van der Waals surface area contributed by atoms with Gasteiger partial charge in [0.15, 0.2) is 0 Å². The Bertz CT molecular complexity index is 1080. The monoisotopic (exact) mass is 397 g/mol. The van der Waals surface area contributed by atoms with Crippen LogP contribution in [-0.4, -0.2) is 18.5 Å². The van der Waals surface area contributed by atoms with Gasteiger partial charge in [-0.2, -0.15) is 0 Å². The van der Waals surface area contributed by atoms with E-state index >= 15 is 0 Å². The molecule has 0 fully saturated rings. The molecule has 0 atom stereocenters. The van der Waals surface area contributed by atoms with Crippen LogP contribution in [0, 0.1) is 13.8 Å². The van der Waals surface area contributed by atoms with Gasteiger partial charge >= 0.3 is 5.97 Å². The van der Waals surface area contributed by atoms with E-state index in [9.17, 15) is 9.59 Å². The molecule has 0 spiro atoms. The number of ether oxygens (including phenoxy) is 1. The van der Waals surface area contributed by atoms with Crippen LogP contribution in [0.15, 0.2) is 22.8 Å². The number of carbonyl (C=O) groups is 2. The van der Waals surface area contributed by atoms with Crippen LogP contribution in [-0.2, 0) is 28.8 Å². The minimum absolute atomic E-state index is 0.159. The summed E-state index contributed by atoms with van der Waals surface area (Å²) < 4.78 is 10.9. The number of carbonyl (C=O) groups excluding carboxylic acids is 2. The second-order valence-corrected chi connectivity index (χ2v) is 8.33. The number of rotatable bonds is 5. The van der Waals surface area contributed by atoms with Crippen molar-refractivity contribution in [3.05, 3.63) is 51.1 Å². The van der Waals surface area contributed by atoms with Crippen LogP contribution in [0.5, 0.6) is 0 Å². The standard InChI is InChI=1S/C22H23NO4S/c1-4-26-22(25)20-15-6-5-7-17(15)28-21(20)23-18(24)10-14-11-27-16-9-12(2)8-13(3)19(14)16/h8-9,11H,4-7,10H2,1-3H3,(H,23,24). The average Bonchev–Trinajstić information content (AvgIpc) is 3.29. The van der Waals surface area contributed by atoms with Gasteiger partial charge in [0.25, 0.3) is 0 Å². The van der Waals surface area contributed by atoms with Crippen molar-refractivity contribution < 1.29 is 18.7 Å². The second-order valence-electron chi connectivity index (χ2n) is 7.22. The zero-order chi connectivity index (χ0) is 19.8. The highest BCUT2D eigenvalue weighted by molar-refractivity contribution is 7.17. The Morgan fingerprint density at radius 3 is 2.86 bits per heavy atom. The number of fused-ring (bicyclic) bond motifs is 2. The summed E-state index contributed by atoms with van der Waals surface area (Å²) in [5.74, 6) is -0.509. The van der Waals surface area contributed by atoms with Gasteiger partial charge in [0.05, 0.1) is 24.9 Å². The van der Waals surface area contributed by atoms with Crippen molar-refractivity contribution >= 4 is 39.2 Å². The first-order chi connectivity index (χ1) is 13.5. The molecule has 5 nitrogen and oxygen atoms in total. The number of thiophene rings is 1. The molecule has 2 aromatic heterocycles. The third-order valence-electron chi connectivity index (χ3n) is 5.10. The zero-order valence-corrected chi connectivity index (χ0v) is 17.1. The van der Waals surface area contributed by atoms with Crippen molar-refractivity contribution in [2.75, 3.05) is 11.9 Å². The molecule has 146 valence electrons. The Morgan fingerprint density at radius 2 is 2.07 bits per heavy atom. The van der Waals surface area contributed by atoms with Gasteiger partial charge in [0.1, 0.15) is 10.6 Å². The molecular formula is C22H23NO4S. The van der Waals surface area contributed by atoms with E-state index in [1.54, 1.807) is 13.2 Å². The molecule has 0 aliphatic heterocycles. The molecule has 0 bridgehead atoms. The molecule has 2 heterocycles. The maximum atomic E-state index is 12.8. The van der Waals surface area contributed by atoms with Crippen molar-refractivity contribution in [2.24, 2.45) is 0 Å². The Labute approximate surface area is 167 Å². The van der Waals surface area contributed by atoms with Gasteiger partial charge in [-0.05, 0) is 62.8 Å². The summed E-state index contributed by atoms with van der Waals surface area (Å²) in [5.41, 5.74) is 5.45. The number of nitrogens with one attached hydrogen (secondary N) is 1. The Morgan fingerprint density at radius 1 is 1.25 bits per heavy atom. The van der Waals surface area contributed by atoms with Crippen LogP contribution in [0.3, 0.4) is 0 Å². The summed E-state index contributed by atoms with van der Waals surface area (Å²) in [6.07, 6.45) is 4.70. The zero-order valence-electron chi connectivity index (χ0n) is 16.3. The maximum Gasteiger partial charge on any atom is 0.341 e. The van der Waals surface area contributed by atoms with Crippen molar-refractivity contribution in [1.29, 1.82) is 0 Å². The lowest BCUT2D eigenvalue weighted by Crippen LogP contribution is -2.16. The van der Waals surface area contributed by atoms with Gasteiger partial charge in [-0.15, -0.1) is 11.3 Å². The lowest BCUT2D eigenvalue weighted by molar-refractivity contribution is -0.115. The van der Waals surface area contributed by atoms with Crippen LogP contribution in [0.25, 0.3) is 11.0 Å². The molecule has 3 aromatic rings. The molecule has 0 saturated carbocycles. The molecular weight excluding hydrogens is 374 g/mol. The van der Waals surface area contributed by atoms with Gasteiger partial charge in [0, 0.05) is 15.8 Å². The topological polar surface area (TPSA) is 68.5 Å². The van der Waals surface area contributed by atoms with E-state index in [0.717, 1.165) is 52.5 Å². The molecule has 4 rings (SSSR count). The minimum Gasteiger partial charge on any atom is -0.464 e. The molecule has 1 aliphatic carbocycles. The number of amides is 1. The molecule has 6 heteroatoms. The predicted molar refractivity (Wildman–Crippen MR) is 110 cm³/mol. The normalized spacial score (nSPS) is 13.0. The number of esters is 1. The number of anilines is 1. The van der Waals surface area contributed by atoms with Crippen molar-refractivity contribution in [2.45, 2.75) is 46.5 Å². The fraction of sp³-hybridized carbons (Fsp3) is 0.364. The predicted octanol–water partition coefficient (Wildman–Crippen LogP) is 4.96. The SMILES string of the molecule is CCOC(=O)c1c(NC(=O)Cc2coc3cc(C)cc(C)c23)sc2c1CCC2. The first-order valence-corrected chi connectivity index (χ1v) is 10.4. The number of hydrogen-bond acceptors (Lipinski definition) is 5. The average molecular weight is 397 g/mol. The lowest BCUT2D eigenvalue weighted by Gasteiger charge is -2.08. The highest BCUT2D eigenvalue weighted by atomic mass is 32.1. The molecule has 1 aromatic carbocycles. The molecule has 0 unspecified atom stereocenters. The van der Waals surface area contributed by atoms with E-state index in [1.165, 1.54) is 16.2 Å². The van der Waals surface area contributed by atoms with E-state index in [2.05, 4.69) is 11.4 Å². The lowest BCUT2D eigenvalue weighted by atomic mass is 10.0. The molecule has 1 amide bonds. The number of aryl methyl sites for hydroxylation is 3. The fourth-order valence-corrected chi connectivity index (χ4v) is 5.31.